The molecule has 0 radical (unpaired) electrons. The van der Waals surface area contributed by atoms with Crippen molar-refractivity contribution >= 4 is 24.5 Å². The third-order valence-electron chi connectivity index (χ3n) is 1.42. The topological polar surface area (TPSA) is 35.5 Å². The first-order valence-corrected chi connectivity index (χ1v) is 9.72. The Morgan fingerprint density at radius 2 is 2.14 bits per heavy atom. The van der Waals surface area contributed by atoms with E-state index in [1.165, 1.54) is 6.08 Å². The number of rotatable bonds is 6. The third-order valence-corrected chi connectivity index (χ3v) is 2.97. The Kier molecular flexibility index (Phi) is 5.98. The van der Waals surface area contributed by atoms with Crippen LogP contribution in [0.1, 0.15) is 6.42 Å². The van der Waals surface area contributed by atoms with E-state index in [9.17, 15) is 4.79 Å². The number of carbonyl (C=O) groups excluding carboxylic acids is 1. The predicted molar refractivity (Wildman–Crippen MR) is 63.9 cm³/mol. The van der Waals surface area contributed by atoms with E-state index < -0.39 is 14.3 Å². The van der Waals surface area contributed by atoms with Crippen LogP contribution >= 0.6 is 0 Å². The highest BCUT2D eigenvalue weighted by atomic mass is 28.4. The molecular formula is C9H20O3Si2. The summed E-state index contributed by atoms with van der Waals surface area (Å²) in [5, 5.41) is 0. The third kappa shape index (κ3) is 7.05. The van der Waals surface area contributed by atoms with Gasteiger partial charge in [-0.2, -0.15) is 0 Å². The maximum Gasteiger partial charge on any atom is 0.332 e. The molecule has 1 unspecified atom stereocenters. The van der Waals surface area contributed by atoms with E-state index in [2.05, 4.69) is 26.2 Å². The lowest BCUT2D eigenvalue weighted by atomic mass is 10.5. The Morgan fingerprint density at radius 3 is 2.50 bits per heavy atom. The molecule has 0 aromatic heterocycles. The smallest absolute Gasteiger partial charge is 0.332 e. The lowest BCUT2D eigenvalue weighted by Crippen LogP contribution is -2.34. The molecule has 0 aromatic carbocycles. The summed E-state index contributed by atoms with van der Waals surface area (Å²) in [6.45, 7) is 9.59. The van der Waals surface area contributed by atoms with Crippen LogP contribution in [-0.4, -0.2) is 30.8 Å². The summed E-state index contributed by atoms with van der Waals surface area (Å²) in [5.41, 5.74) is 0. The van der Waals surface area contributed by atoms with Crippen molar-refractivity contribution in [3.8, 4) is 0 Å². The lowest BCUT2D eigenvalue weighted by molar-refractivity contribution is -0.158. The van der Waals surface area contributed by atoms with Gasteiger partial charge in [-0.05, 0) is 19.6 Å². The summed E-state index contributed by atoms with van der Waals surface area (Å²) in [4.78, 5) is 11.0. The molecule has 0 aliphatic rings. The zero-order valence-corrected chi connectivity index (χ0v) is 12.5. The minimum Gasteiger partial charge on any atom is -0.434 e. The first-order chi connectivity index (χ1) is 6.39. The average molecular weight is 232 g/mol. The van der Waals surface area contributed by atoms with E-state index in [0.717, 1.165) is 22.7 Å². The standard InChI is InChI=1S/C9H20O3Si2/c1-5-8(10)11-9(6-7-13)12-14(2,3)4/h5,9H,1,6-7H2,2-4,13H3. The van der Waals surface area contributed by atoms with Crippen molar-refractivity contribution in [2.45, 2.75) is 38.4 Å². The maximum absolute atomic E-state index is 11.0. The fourth-order valence-electron chi connectivity index (χ4n) is 0.950. The van der Waals surface area contributed by atoms with Gasteiger partial charge in [0.25, 0.3) is 0 Å². The van der Waals surface area contributed by atoms with E-state index in [1.807, 2.05) is 0 Å². The van der Waals surface area contributed by atoms with Gasteiger partial charge in [-0.25, -0.2) is 4.79 Å². The van der Waals surface area contributed by atoms with E-state index in [0.29, 0.717) is 0 Å². The van der Waals surface area contributed by atoms with Gasteiger partial charge < -0.3 is 9.16 Å². The summed E-state index contributed by atoms with van der Waals surface area (Å²) in [6, 6.07) is 1.07. The molecule has 0 amide bonds. The van der Waals surface area contributed by atoms with Crippen LogP contribution < -0.4 is 0 Å². The predicted octanol–water partition coefficient (Wildman–Crippen LogP) is 1.07. The van der Waals surface area contributed by atoms with Crippen LogP contribution in [0.3, 0.4) is 0 Å². The monoisotopic (exact) mass is 232 g/mol. The Balaban J connectivity index is 4.15. The zero-order chi connectivity index (χ0) is 11.2. The van der Waals surface area contributed by atoms with Gasteiger partial charge in [-0.3, -0.25) is 0 Å². The summed E-state index contributed by atoms with van der Waals surface area (Å²) >= 11 is 0. The molecule has 1 atom stereocenters. The first-order valence-electron chi connectivity index (χ1n) is 4.90. The molecular weight excluding hydrogens is 212 g/mol. The molecule has 0 saturated carbocycles. The van der Waals surface area contributed by atoms with Crippen molar-refractivity contribution in [2.75, 3.05) is 0 Å². The highest BCUT2D eigenvalue weighted by Gasteiger charge is 2.22. The van der Waals surface area contributed by atoms with Gasteiger partial charge >= 0.3 is 5.97 Å². The Morgan fingerprint density at radius 1 is 1.57 bits per heavy atom. The largest absolute Gasteiger partial charge is 0.434 e. The van der Waals surface area contributed by atoms with Gasteiger partial charge in [0.15, 0.2) is 14.6 Å². The van der Waals surface area contributed by atoms with Gasteiger partial charge in [0.1, 0.15) is 0 Å². The zero-order valence-electron chi connectivity index (χ0n) is 9.50. The van der Waals surface area contributed by atoms with Gasteiger partial charge in [-0.1, -0.05) is 12.6 Å². The summed E-state index contributed by atoms with van der Waals surface area (Å²) in [7, 11) is -0.535. The first kappa shape index (κ1) is 13.6. The second kappa shape index (κ2) is 6.16. The van der Waals surface area contributed by atoms with E-state index in [4.69, 9.17) is 9.16 Å². The molecule has 0 heterocycles. The van der Waals surface area contributed by atoms with Crippen LogP contribution in [0.2, 0.25) is 25.7 Å². The Labute approximate surface area is 90.0 Å². The number of ether oxygens (including phenoxy) is 1. The van der Waals surface area contributed by atoms with Gasteiger partial charge in [0.05, 0.1) is 0 Å². The minimum absolute atomic E-state index is 0.371. The molecule has 0 fully saturated rings. The van der Waals surface area contributed by atoms with E-state index in [1.54, 1.807) is 0 Å². The molecule has 0 aromatic rings. The average Bonchev–Trinajstić information content (AvgIpc) is 2.01. The fourth-order valence-corrected chi connectivity index (χ4v) is 2.38. The summed E-state index contributed by atoms with van der Waals surface area (Å²) in [6.07, 6.45) is 1.61. The number of hydrogen-bond acceptors (Lipinski definition) is 3. The second-order valence-corrected chi connectivity index (χ2v) is 9.55. The van der Waals surface area contributed by atoms with Crippen LogP contribution in [0.5, 0.6) is 0 Å². The molecule has 0 aliphatic carbocycles. The highest BCUT2D eigenvalue weighted by Crippen LogP contribution is 2.12. The van der Waals surface area contributed by atoms with Gasteiger partial charge in [0, 0.05) is 22.7 Å². The van der Waals surface area contributed by atoms with E-state index in [-0.39, 0.29) is 6.29 Å². The lowest BCUT2D eigenvalue weighted by Gasteiger charge is -2.25. The molecule has 5 heteroatoms. The number of carbonyl (C=O) groups is 1. The minimum atomic E-state index is -1.63. The summed E-state index contributed by atoms with van der Waals surface area (Å²) < 4.78 is 10.8. The molecule has 0 aliphatic heterocycles. The molecule has 3 nitrogen and oxygen atoms in total. The second-order valence-electron chi connectivity index (χ2n) is 4.09. The molecule has 14 heavy (non-hydrogen) atoms. The number of hydrogen-bond donors (Lipinski definition) is 0. The quantitative estimate of drug-likeness (QED) is 0.297. The van der Waals surface area contributed by atoms with Crippen LogP contribution in [0.4, 0.5) is 0 Å². The molecule has 0 spiro atoms. The van der Waals surface area contributed by atoms with E-state index >= 15 is 0 Å². The Hall–Kier alpha value is -0.396. The maximum atomic E-state index is 11.0. The van der Waals surface area contributed by atoms with Gasteiger partial charge in [-0.15, -0.1) is 0 Å². The highest BCUT2D eigenvalue weighted by molar-refractivity contribution is 6.69. The van der Waals surface area contributed by atoms with Crippen molar-refractivity contribution in [3.05, 3.63) is 12.7 Å². The normalized spacial score (nSPS) is 13.6. The van der Waals surface area contributed by atoms with Crippen molar-refractivity contribution in [1.82, 2.24) is 0 Å². The fraction of sp³-hybridized carbons (Fsp3) is 0.667. The van der Waals surface area contributed by atoms with Crippen molar-refractivity contribution < 1.29 is 14.0 Å². The van der Waals surface area contributed by atoms with Gasteiger partial charge in [0.2, 0.25) is 0 Å². The van der Waals surface area contributed by atoms with Crippen LogP contribution in [0, 0.1) is 0 Å². The number of esters is 1. The van der Waals surface area contributed by atoms with Crippen molar-refractivity contribution in [2.24, 2.45) is 0 Å². The molecule has 82 valence electrons. The van der Waals surface area contributed by atoms with Crippen LogP contribution in [-0.2, 0) is 14.0 Å². The van der Waals surface area contributed by atoms with Crippen LogP contribution in [0.25, 0.3) is 0 Å². The Bertz CT molecular complexity index is 199. The molecule has 0 bridgehead atoms. The summed E-state index contributed by atoms with van der Waals surface area (Å²) in [5.74, 6) is -0.400. The SMILES string of the molecule is C=CC(=O)OC(CC[SiH3])O[Si](C)(C)C. The molecule has 0 rings (SSSR count). The van der Waals surface area contributed by atoms with Crippen LogP contribution in [0.15, 0.2) is 12.7 Å². The molecule has 0 N–H and O–H groups in total. The van der Waals surface area contributed by atoms with Crippen molar-refractivity contribution in [1.29, 1.82) is 0 Å². The van der Waals surface area contributed by atoms with Crippen molar-refractivity contribution in [3.63, 3.8) is 0 Å². The molecule has 0 saturated heterocycles.